The van der Waals surface area contributed by atoms with Gasteiger partial charge in [0.05, 0.1) is 17.3 Å². The first-order valence-electron chi connectivity index (χ1n) is 11.0. The number of hydrogen-bond donors (Lipinski definition) is 1. The maximum Gasteiger partial charge on any atom is 0.338 e. The molecule has 3 aromatic carbocycles. The van der Waals surface area contributed by atoms with Crippen LogP contribution in [0, 0.1) is 0 Å². The van der Waals surface area contributed by atoms with Crippen LogP contribution in [0.2, 0.25) is 0 Å². The topological polar surface area (TPSA) is 111 Å². The SMILES string of the molecule is O=C(C[C@H]1O[C@@H](/C=N/O)[C@H](OC(=O)c2ccccc2)[C@H]1OC(=O)c1ccccc1)c1ccccc1. The predicted molar refractivity (Wildman–Crippen MR) is 126 cm³/mol. The number of carbonyl (C=O) groups excluding carboxylic acids is 3. The van der Waals surface area contributed by atoms with Crippen molar-refractivity contribution in [2.75, 3.05) is 0 Å². The molecule has 8 nitrogen and oxygen atoms in total. The molecule has 0 radical (unpaired) electrons. The third-order valence-electron chi connectivity index (χ3n) is 5.55. The average Bonchev–Trinajstić information content (AvgIpc) is 3.20. The maximum absolute atomic E-state index is 12.9. The summed E-state index contributed by atoms with van der Waals surface area (Å²) in [7, 11) is 0. The second kappa shape index (κ2) is 11.2. The number of ketones is 1. The van der Waals surface area contributed by atoms with Crippen molar-refractivity contribution in [3.8, 4) is 0 Å². The molecule has 4 rings (SSSR count). The minimum atomic E-state index is -1.15. The van der Waals surface area contributed by atoms with Gasteiger partial charge in [0.2, 0.25) is 0 Å². The van der Waals surface area contributed by atoms with E-state index in [1.807, 2.05) is 0 Å². The second-order valence-corrected chi connectivity index (χ2v) is 7.87. The number of ether oxygens (including phenoxy) is 3. The van der Waals surface area contributed by atoms with E-state index >= 15 is 0 Å². The molecule has 1 aliphatic heterocycles. The van der Waals surface area contributed by atoms with Crippen molar-refractivity contribution in [3.05, 3.63) is 108 Å². The fourth-order valence-corrected chi connectivity index (χ4v) is 3.84. The summed E-state index contributed by atoms with van der Waals surface area (Å²) in [6.45, 7) is 0. The summed E-state index contributed by atoms with van der Waals surface area (Å²) < 4.78 is 17.3. The molecular weight excluding hydrogens is 450 g/mol. The fourth-order valence-electron chi connectivity index (χ4n) is 3.84. The predicted octanol–water partition coefficient (Wildman–Crippen LogP) is 3.94. The first-order valence-corrected chi connectivity index (χ1v) is 11.0. The molecular formula is C27H23NO7. The number of oxime groups is 1. The van der Waals surface area contributed by atoms with Crippen LogP contribution in [-0.2, 0) is 14.2 Å². The average molecular weight is 473 g/mol. The van der Waals surface area contributed by atoms with Crippen LogP contribution in [0.1, 0.15) is 37.5 Å². The van der Waals surface area contributed by atoms with Crippen LogP contribution in [0.4, 0.5) is 0 Å². The zero-order valence-corrected chi connectivity index (χ0v) is 18.6. The highest BCUT2D eigenvalue weighted by Gasteiger charge is 2.50. The summed E-state index contributed by atoms with van der Waals surface area (Å²) >= 11 is 0. The van der Waals surface area contributed by atoms with E-state index in [9.17, 15) is 14.4 Å². The number of carbonyl (C=O) groups is 3. The number of Topliss-reactive ketones (excluding diaryl/α,β-unsaturated/α-hetero) is 1. The molecule has 0 saturated carbocycles. The molecule has 0 aliphatic carbocycles. The molecule has 35 heavy (non-hydrogen) atoms. The molecule has 4 atom stereocenters. The van der Waals surface area contributed by atoms with E-state index in [0.29, 0.717) is 5.56 Å². The van der Waals surface area contributed by atoms with E-state index in [0.717, 1.165) is 6.21 Å². The number of benzene rings is 3. The number of rotatable bonds is 8. The van der Waals surface area contributed by atoms with Gasteiger partial charge in [-0.05, 0) is 24.3 Å². The van der Waals surface area contributed by atoms with Crippen molar-refractivity contribution in [3.63, 3.8) is 0 Å². The monoisotopic (exact) mass is 473 g/mol. The van der Waals surface area contributed by atoms with Gasteiger partial charge in [0, 0.05) is 12.0 Å². The minimum Gasteiger partial charge on any atom is -0.452 e. The summed E-state index contributed by atoms with van der Waals surface area (Å²) in [5.41, 5.74) is 1.03. The number of hydrogen-bond acceptors (Lipinski definition) is 8. The van der Waals surface area contributed by atoms with Crippen LogP contribution >= 0.6 is 0 Å². The van der Waals surface area contributed by atoms with Crippen molar-refractivity contribution >= 4 is 23.9 Å². The first-order chi connectivity index (χ1) is 17.1. The van der Waals surface area contributed by atoms with Gasteiger partial charge < -0.3 is 19.4 Å². The quantitative estimate of drug-likeness (QED) is 0.173. The zero-order valence-electron chi connectivity index (χ0n) is 18.6. The lowest BCUT2D eigenvalue weighted by Gasteiger charge is -2.23. The lowest BCUT2D eigenvalue weighted by molar-refractivity contribution is -0.0296. The Balaban J connectivity index is 1.62. The van der Waals surface area contributed by atoms with E-state index < -0.39 is 36.4 Å². The highest BCUT2D eigenvalue weighted by Crippen LogP contribution is 2.30. The van der Waals surface area contributed by atoms with E-state index in [1.165, 1.54) is 0 Å². The molecule has 0 unspecified atom stereocenters. The highest BCUT2D eigenvalue weighted by atomic mass is 16.6. The van der Waals surface area contributed by atoms with Gasteiger partial charge in [-0.2, -0.15) is 0 Å². The Bertz CT molecular complexity index is 1180. The maximum atomic E-state index is 12.9. The van der Waals surface area contributed by atoms with Crippen molar-refractivity contribution in [2.24, 2.45) is 5.16 Å². The third-order valence-corrected chi connectivity index (χ3v) is 5.55. The fraction of sp³-hybridized carbons (Fsp3) is 0.185. The summed E-state index contributed by atoms with van der Waals surface area (Å²) in [4.78, 5) is 38.6. The first kappa shape index (κ1) is 23.8. The van der Waals surface area contributed by atoms with Crippen molar-refractivity contribution in [2.45, 2.75) is 30.8 Å². The Labute approximate surface area is 201 Å². The van der Waals surface area contributed by atoms with Gasteiger partial charge in [-0.1, -0.05) is 71.9 Å². The molecule has 8 heteroatoms. The summed E-state index contributed by atoms with van der Waals surface area (Å²) in [6, 6.07) is 25.2. The molecule has 1 aliphatic rings. The Morgan fingerprint density at radius 2 is 1.20 bits per heavy atom. The van der Waals surface area contributed by atoms with Crippen LogP contribution in [0.5, 0.6) is 0 Å². The molecule has 178 valence electrons. The Morgan fingerprint density at radius 3 is 1.69 bits per heavy atom. The van der Waals surface area contributed by atoms with E-state index in [-0.39, 0.29) is 23.3 Å². The van der Waals surface area contributed by atoms with Crippen molar-refractivity contribution < 1.29 is 33.8 Å². The molecule has 1 N–H and O–H groups in total. The van der Waals surface area contributed by atoms with Gasteiger partial charge in [-0.15, -0.1) is 0 Å². The van der Waals surface area contributed by atoms with Crippen LogP contribution in [0.3, 0.4) is 0 Å². The largest absolute Gasteiger partial charge is 0.452 e. The molecule has 0 bridgehead atoms. The minimum absolute atomic E-state index is 0.147. The Kier molecular flexibility index (Phi) is 7.64. The van der Waals surface area contributed by atoms with Gasteiger partial charge in [0.25, 0.3) is 0 Å². The third kappa shape index (κ3) is 5.80. The number of nitrogens with zero attached hydrogens (tertiary/aromatic N) is 1. The van der Waals surface area contributed by atoms with Crippen LogP contribution in [0.25, 0.3) is 0 Å². The van der Waals surface area contributed by atoms with E-state index in [1.54, 1.807) is 91.0 Å². The normalized spacial score (nSPS) is 21.5. The molecule has 0 amide bonds. The van der Waals surface area contributed by atoms with Crippen molar-refractivity contribution in [1.82, 2.24) is 0 Å². The van der Waals surface area contributed by atoms with Gasteiger partial charge in [0.1, 0.15) is 12.2 Å². The van der Waals surface area contributed by atoms with Gasteiger partial charge in [-0.25, -0.2) is 9.59 Å². The summed E-state index contributed by atoms with van der Waals surface area (Å²) in [6.07, 6.45) is -3.39. The number of esters is 2. The van der Waals surface area contributed by atoms with Gasteiger partial charge in [-0.3, -0.25) is 4.79 Å². The molecule has 1 saturated heterocycles. The van der Waals surface area contributed by atoms with Gasteiger partial charge in [0.15, 0.2) is 18.0 Å². The van der Waals surface area contributed by atoms with Crippen molar-refractivity contribution in [1.29, 1.82) is 0 Å². The van der Waals surface area contributed by atoms with Gasteiger partial charge >= 0.3 is 11.9 Å². The second-order valence-electron chi connectivity index (χ2n) is 7.87. The Hall–Kier alpha value is -4.30. The molecule has 3 aromatic rings. The molecule has 0 spiro atoms. The highest BCUT2D eigenvalue weighted by molar-refractivity contribution is 5.96. The lowest BCUT2D eigenvalue weighted by atomic mass is 9.99. The zero-order chi connectivity index (χ0) is 24.6. The summed E-state index contributed by atoms with van der Waals surface area (Å²) in [5.74, 6) is -1.59. The smallest absolute Gasteiger partial charge is 0.338 e. The van der Waals surface area contributed by atoms with Crippen LogP contribution in [-0.4, -0.2) is 53.6 Å². The van der Waals surface area contributed by atoms with E-state index in [2.05, 4.69) is 5.16 Å². The molecule has 0 aromatic heterocycles. The van der Waals surface area contributed by atoms with E-state index in [4.69, 9.17) is 19.4 Å². The molecule has 1 heterocycles. The molecule has 1 fully saturated rings. The summed E-state index contributed by atoms with van der Waals surface area (Å²) in [5, 5.41) is 12.2. The van der Waals surface area contributed by atoms with Crippen LogP contribution < -0.4 is 0 Å². The standard InChI is InChI=1S/C27H23NO7/c29-21(18-10-4-1-5-11-18)16-22-24(34-26(30)19-12-6-2-7-13-19)25(23(33-22)17-28-32)35-27(31)20-14-8-3-9-15-20/h1-15,17,22-25,32H,16H2/b28-17+/t22-,23+,24+,25+/m1/s1. The Morgan fingerprint density at radius 1 is 0.743 bits per heavy atom. The lowest BCUT2D eigenvalue weighted by Crippen LogP contribution is -2.41. The van der Waals surface area contributed by atoms with Crippen LogP contribution in [0.15, 0.2) is 96.2 Å².